The van der Waals surface area contributed by atoms with Gasteiger partial charge < -0.3 is 25.5 Å². The number of nitrogens with one attached hydrogen (secondary N) is 2. The van der Waals surface area contributed by atoms with E-state index in [1.54, 1.807) is 0 Å². The number of carbonyl (C=O) groups is 2. The molecular formula is C37H50N6O3S. The number of nitrogens with zero attached hydrogens (tertiary/aromatic N) is 4. The maximum absolute atomic E-state index is 13.8. The van der Waals surface area contributed by atoms with E-state index in [-0.39, 0.29) is 34.8 Å². The number of piperidine rings is 2. The number of fused-ring (bicyclic) bond motifs is 2. The van der Waals surface area contributed by atoms with Crippen molar-refractivity contribution in [1.29, 1.82) is 0 Å². The molecule has 10 heteroatoms. The molecule has 0 radical (unpaired) electrons. The number of aryl methyl sites for hydroxylation is 1. The van der Waals surface area contributed by atoms with Crippen molar-refractivity contribution in [3.8, 4) is 0 Å². The maximum Gasteiger partial charge on any atom is 0.280 e. The molecule has 5 heterocycles. The minimum atomic E-state index is -0.284. The van der Waals surface area contributed by atoms with Crippen molar-refractivity contribution in [3.63, 3.8) is 0 Å². The smallest absolute Gasteiger partial charge is 0.280 e. The van der Waals surface area contributed by atoms with E-state index in [1.807, 2.05) is 29.2 Å². The summed E-state index contributed by atoms with van der Waals surface area (Å²) >= 11 is 1.36. The second-order valence-corrected chi connectivity index (χ2v) is 16.7. The molecule has 3 aliphatic heterocycles. The molecule has 9 nitrogen and oxygen atoms in total. The summed E-state index contributed by atoms with van der Waals surface area (Å²) < 4.78 is 0. The Bertz CT molecular complexity index is 1610. The number of hydrogen-bond donors (Lipinski definition) is 3. The number of hydrogen-bond acceptors (Lipinski definition) is 8. The van der Waals surface area contributed by atoms with Gasteiger partial charge in [-0.05, 0) is 98.6 Å². The van der Waals surface area contributed by atoms with E-state index in [1.165, 1.54) is 29.7 Å². The summed E-state index contributed by atoms with van der Waals surface area (Å²) in [6.45, 7) is 13.1. The number of aliphatic hydroxyl groups excluding tert-OH is 1. The zero-order chi connectivity index (χ0) is 32.8. The fourth-order valence-electron chi connectivity index (χ4n) is 8.12. The van der Waals surface area contributed by atoms with Gasteiger partial charge in [-0.15, -0.1) is 0 Å². The van der Waals surface area contributed by atoms with E-state index in [0.717, 1.165) is 99.5 Å². The lowest BCUT2D eigenvalue weighted by molar-refractivity contribution is -0.00723. The van der Waals surface area contributed by atoms with Crippen LogP contribution in [0.1, 0.15) is 102 Å². The summed E-state index contributed by atoms with van der Waals surface area (Å²) in [5.74, 6) is 0.463. The van der Waals surface area contributed by atoms with Crippen LogP contribution in [0.15, 0.2) is 30.3 Å². The highest BCUT2D eigenvalue weighted by Gasteiger charge is 2.45. The first-order chi connectivity index (χ1) is 22.5. The highest BCUT2D eigenvalue weighted by Crippen LogP contribution is 2.39. The first-order valence-corrected chi connectivity index (χ1v) is 18.5. The van der Waals surface area contributed by atoms with Gasteiger partial charge in [-0.3, -0.25) is 9.59 Å². The van der Waals surface area contributed by atoms with Crippen LogP contribution in [0.4, 0.5) is 0 Å². The van der Waals surface area contributed by atoms with E-state index < -0.39 is 0 Å². The van der Waals surface area contributed by atoms with Crippen molar-refractivity contribution >= 4 is 33.5 Å². The quantitative estimate of drug-likeness (QED) is 0.328. The number of pyridine rings is 1. The topological polar surface area (TPSA) is 111 Å². The largest absolute Gasteiger partial charge is 0.393 e. The van der Waals surface area contributed by atoms with E-state index >= 15 is 0 Å². The Morgan fingerprint density at radius 3 is 2.70 bits per heavy atom. The van der Waals surface area contributed by atoms with Gasteiger partial charge in [0.15, 0.2) is 5.01 Å². The number of thiazole rings is 1. The van der Waals surface area contributed by atoms with Crippen molar-refractivity contribution in [2.45, 2.75) is 84.3 Å². The van der Waals surface area contributed by atoms with Gasteiger partial charge in [0.1, 0.15) is 10.3 Å². The summed E-state index contributed by atoms with van der Waals surface area (Å²) in [4.78, 5) is 42.3. The van der Waals surface area contributed by atoms with Crippen LogP contribution in [0, 0.1) is 16.7 Å². The van der Waals surface area contributed by atoms with Gasteiger partial charge in [0.2, 0.25) is 0 Å². The SMILES string of the molecule is CC(C)(C)[C@H]1CCc2nc3sc(C(=O)N[C@H](CCN4CCC(O)CC4)c4cccc(C(=O)N5CC6(CCCNC6)C5)c4)nc3cc2C1. The molecule has 4 aliphatic rings. The van der Waals surface area contributed by atoms with Crippen LogP contribution in [0.5, 0.6) is 0 Å². The van der Waals surface area contributed by atoms with E-state index in [0.29, 0.717) is 22.9 Å². The Labute approximate surface area is 282 Å². The summed E-state index contributed by atoms with van der Waals surface area (Å²) in [6, 6.07) is 9.69. The van der Waals surface area contributed by atoms with Crippen LogP contribution in [0.3, 0.4) is 0 Å². The maximum atomic E-state index is 13.8. The minimum Gasteiger partial charge on any atom is -0.393 e. The Kier molecular flexibility index (Phi) is 9.15. The Morgan fingerprint density at radius 2 is 1.96 bits per heavy atom. The van der Waals surface area contributed by atoms with Crippen LogP contribution >= 0.6 is 11.3 Å². The average molecular weight is 659 g/mol. The van der Waals surface area contributed by atoms with Gasteiger partial charge in [-0.1, -0.05) is 44.2 Å². The van der Waals surface area contributed by atoms with E-state index in [4.69, 9.17) is 9.97 Å². The highest BCUT2D eigenvalue weighted by atomic mass is 32.1. The lowest BCUT2D eigenvalue weighted by atomic mass is 9.71. The van der Waals surface area contributed by atoms with E-state index in [9.17, 15) is 14.7 Å². The van der Waals surface area contributed by atoms with Gasteiger partial charge in [0.25, 0.3) is 11.8 Å². The van der Waals surface area contributed by atoms with Gasteiger partial charge in [-0.2, -0.15) is 0 Å². The first-order valence-electron chi connectivity index (χ1n) is 17.7. The lowest BCUT2D eigenvalue weighted by Gasteiger charge is -2.52. The van der Waals surface area contributed by atoms with Gasteiger partial charge in [0.05, 0.1) is 12.1 Å². The van der Waals surface area contributed by atoms with Crippen molar-refractivity contribution in [3.05, 3.63) is 57.7 Å². The summed E-state index contributed by atoms with van der Waals surface area (Å²) in [5.41, 5.74) is 5.28. The number of benzene rings is 1. The summed E-state index contributed by atoms with van der Waals surface area (Å²) in [6.07, 6.45) is 7.45. The molecule has 1 aromatic carbocycles. The second-order valence-electron chi connectivity index (χ2n) is 15.7. The van der Waals surface area contributed by atoms with Gasteiger partial charge >= 0.3 is 0 Å². The standard InChI is InChI=1S/C37H50N6O3S/c1-36(2,3)27-8-9-29-26(19-27)20-31-33(40-29)47-34(41-31)32(45)39-30(12-17-42-15-10-28(44)11-16-42)24-6-4-7-25(18-24)35(46)43-22-37(23-43)13-5-14-38-21-37/h4,6-7,18,20,27-28,30,38,44H,5,8-17,19,21-23H2,1-3H3,(H,39,45)/t27-,30+/m0/s1. The van der Waals surface area contributed by atoms with Crippen LogP contribution in [-0.2, 0) is 12.8 Å². The number of carbonyl (C=O) groups excluding carboxylic acids is 2. The molecule has 3 N–H and O–H groups in total. The predicted octanol–water partition coefficient (Wildman–Crippen LogP) is 4.99. The molecule has 1 aliphatic carbocycles. The van der Waals surface area contributed by atoms with Crippen molar-refractivity contribution < 1.29 is 14.7 Å². The molecule has 2 aromatic heterocycles. The Balaban J connectivity index is 1.09. The molecule has 3 aromatic rings. The number of likely N-dealkylation sites (tertiary alicyclic amines) is 2. The molecule has 3 fully saturated rings. The molecule has 2 atom stereocenters. The lowest BCUT2D eigenvalue weighted by Crippen LogP contribution is -2.63. The van der Waals surface area contributed by atoms with Crippen molar-refractivity contribution in [2.24, 2.45) is 16.7 Å². The Morgan fingerprint density at radius 1 is 1.15 bits per heavy atom. The molecule has 2 amide bonds. The molecular weight excluding hydrogens is 609 g/mol. The molecule has 47 heavy (non-hydrogen) atoms. The predicted molar refractivity (Wildman–Crippen MR) is 186 cm³/mol. The molecule has 252 valence electrons. The molecule has 1 spiro atoms. The zero-order valence-corrected chi connectivity index (χ0v) is 29.0. The summed E-state index contributed by atoms with van der Waals surface area (Å²) in [7, 11) is 0. The van der Waals surface area contributed by atoms with Gasteiger partial charge in [0, 0.05) is 55.9 Å². The third kappa shape index (κ3) is 7.12. The van der Waals surface area contributed by atoms with Crippen LogP contribution in [0.2, 0.25) is 0 Å². The molecule has 0 unspecified atom stereocenters. The minimum absolute atomic E-state index is 0.0630. The molecule has 0 saturated carbocycles. The first kappa shape index (κ1) is 32.6. The average Bonchev–Trinajstić information content (AvgIpc) is 3.47. The van der Waals surface area contributed by atoms with Crippen molar-refractivity contribution in [2.75, 3.05) is 45.8 Å². The van der Waals surface area contributed by atoms with Crippen LogP contribution in [-0.4, -0.2) is 88.6 Å². The normalized spacial score (nSPS) is 22.6. The second kappa shape index (κ2) is 13.2. The summed E-state index contributed by atoms with van der Waals surface area (Å²) in [5, 5.41) is 17.2. The zero-order valence-electron chi connectivity index (χ0n) is 28.2. The number of aromatic nitrogens is 2. The third-order valence-electron chi connectivity index (χ3n) is 11.2. The molecule has 7 rings (SSSR count). The van der Waals surface area contributed by atoms with Crippen molar-refractivity contribution in [1.82, 2.24) is 30.4 Å². The van der Waals surface area contributed by atoms with E-state index in [2.05, 4.69) is 42.4 Å². The highest BCUT2D eigenvalue weighted by molar-refractivity contribution is 7.19. The molecule has 0 bridgehead atoms. The fraction of sp³-hybridized carbons (Fsp3) is 0.622. The number of rotatable bonds is 7. The third-order valence-corrected chi connectivity index (χ3v) is 12.2. The number of amides is 2. The van der Waals surface area contributed by atoms with Gasteiger partial charge in [-0.25, -0.2) is 9.97 Å². The number of aliphatic hydroxyl groups is 1. The monoisotopic (exact) mass is 658 g/mol. The van der Waals surface area contributed by atoms with Crippen LogP contribution in [0.25, 0.3) is 10.3 Å². The molecule has 3 saturated heterocycles. The fourth-order valence-corrected chi connectivity index (χ4v) is 8.97. The Hall–Kier alpha value is -2.92. The van der Waals surface area contributed by atoms with Crippen LogP contribution < -0.4 is 10.6 Å².